The Morgan fingerprint density at radius 2 is 1.95 bits per heavy atom. The maximum Gasteiger partial charge on any atom is 0.417 e. The van der Waals surface area contributed by atoms with Crippen molar-refractivity contribution in [1.29, 1.82) is 5.26 Å². The number of likely N-dealkylation sites (tertiary alicyclic amines) is 1. The Balaban J connectivity index is 1.32. The third kappa shape index (κ3) is 4.15. The zero-order valence-electron chi connectivity index (χ0n) is 20.6. The van der Waals surface area contributed by atoms with Gasteiger partial charge in [0.15, 0.2) is 0 Å². The van der Waals surface area contributed by atoms with Gasteiger partial charge in [0.05, 0.1) is 42.8 Å². The van der Waals surface area contributed by atoms with Gasteiger partial charge in [-0.15, -0.1) is 5.10 Å². The van der Waals surface area contributed by atoms with E-state index in [1.807, 2.05) is 11.6 Å². The Bertz CT molecular complexity index is 1550. The first-order valence-corrected chi connectivity index (χ1v) is 12.1. The van der Waals surface area contributed by atoms with Crippen molar-refractivity contribution in [2.75, 3.05) is 26.3 Å². The van der Waals surface area contributed by atoms with Crippen molar-refractivity contribution in [2.45, 2.75) is 38.2 Å². The molecule has 1 unspecified atom stereocenters. The molecular formula is C25H23F3N8O2. The number of nitriles is 1. The molecule has 2 aliphatic heterocycles. The minimum atomic E-state index is -4.53. The zero-order valence-corrected chi connectivity index (χ0v) is 20.6. The van der Waals surface area contributed by atoms with Gasteiger partial charge in [0.1, 0.15) is 34.7 Å². The summed E-state index contributed by atoms with van der Waals surface area (Å²) >= 11 is 0. The van der Waals surface area contributed by atoms with Crippen molar-refractivity contribution in [1.82, 2.24) is 34.5 Å². The maximum absolute atomic E-state index is 13.2. The lowest BCUT2D eigenvalue weighted by Crippen LogP contribution is -2.59. The van der Waals surface area contributed by atoms with Gasteiger partial charge in [0.2, 0.25) is 0 Å². The van der Waals surface area contributed by atoms with Crippen LogP contribution in [0.1, 0.15) is 41.5 Å². The molecule has 0 amide bonds. The number of fused-ring (bicyclic) bond motifs is 1. The second-order valence-corrected chi connectivity index (χ2v) is 9.59. The molecule has 2 aliphatic rings. The van der Waals surface area contributed by atoms with E-state index in [4.69, 9.17) is 9.47 Å². The molecule has 0 saturated carbocycles. The number of rotatable bonds is 6. The van der Waals surface area contributed by atoms with Crippen LogP contribution < -0.4 is 4.74 Å². The van der Waals surface area contributed by atoms with Crippen LogP contribution in [0, 0.1) is 18.3 Å². The molecule has 4 aromatic rings. The van der Waals surface area contributed by atoms with Gasteiger partial charge in [0.25, 0.3) is 0 Å². The topological polar surface area (TPSA) is 106 Å². The first kappa shape index (κ1) is 24.3. The third-order valence-corrected chi connectivity index (χ3v) is 7.13. The molecule has 196 valence electrons. The van der Waals surface area contributed by atoms with Gasteiger partial charge in [0, 0.05) is 42.8 Å². The summed E-state index contributed by atoms with van der Waals surface area (Å²) in [6.07, 6.45) is -0.0669. The Morgan fingerprint density at radius 3 is 2.63 bits per heavy atom. The average Bonchev–Trinajstić information content (AvgIpc) is 3.42. The van der Waals surface area contributed by atoms with Crippen LogP contribution in [0.4, 0.5) is 13.2 Å². The summed E-state index contributed by atoms with van der Waals surface area (Å²) in [6.45, 7) is 6.84. The van der Waals surface area contributed by atoms with E-state index in [0.717, 1.165) is 44.3 Å². The fraction of sp³-hybridized carbons (Fsp3) is 0.400. The highest BCUT2D eigenvalue weighted by molar-refractivity contribution is 5.74. The van der Waals surface area contributed by atoms with Crippen molar-refractivity contribution in [3.63, 3.8) is 0 Å². The zero-order chi connectivity index (χ0) is 26.6. The molecule has 1 atom stereocenters. The van der Waals surface area contributed by atoms with E-state index in [9.17, 15) is 18.4 Å². The molecule has 6 heterocycles. The Morgan fingerprint density at radius 1 is 1.16 bits per heavy atom. The molecule has 38 heavy (non-hydrogen) atoms. The van der Waals surface area contributed by atoms with Crippen LogP contribution in [0.2, 0.25) is 0 Å². The average molecular weight is 525 g/mol. The predicted molar refractivity (Wildman–Crippen MR) is 127 cm³/mol. The predicted octanol–water partition coefficient (Wildman–Crippen LogP) is 3.58. The fourth-order valence-electron chi connectivity index (χ4n) is 4.81. The lowest BCUT2D eigenvalue weighted by Gasteiger charge is -2.47. The highest BCUT2D eigenvalue weighted by Gasteiger charge is 2.38. The number of alkyl halides is 3. The number of pyridine rings is 2. The fourth-order valence-corrected chi connectivity index (χ4v) is 4.81. The van der Waals surface area contributed by atoms with Gasteiger partial charge in [-0.05, 0) is 26.0 Å². The Hall–Kier alpha value is -4.02. The molecule has 0 aromatic carbocycles. The molecule has 6 rings (SSSR count). The number of hydrogen-bond donors (Lipinski definition) is 0. The van der Waals surface area contributed by atoms with Gasteiger partial charge in [-0.2, -0.15) is 23.5 Å². The number of hydrogen-bond acceptors (Lipinski definition) is 8. The summed E-state index contributed by atoms with van der Waals surface area (Å²) < 4.78 is 54.5. The normalized spacial score (nSPS) is 17.7. The molecule has 0 bridgehead atoms. The smallest absolute Gasteiger partial charge is 0.417 e. The number of aromatic nitrogens is 6. The first-order valence-electron chi connectivity index (χ1n) is 12.1. The Labute approximate surface area is 215 Å². The van der Waals surface area contributed by atoms with Crippen LogP contribution in [-0.4, -0.2) is 66.8 Å². The summed E-state index contributed by atoms with van der Waals surface area (Å²) in [5, 5.41) is 22.7. The van der Waals surface area contributed by atoms with Crippen molar-refractivity contribution < 1.29 is 22.6 Å². The molecule has 2 saturated heterocycles. The van der Waals surface area contributed by atoms with E-state index in [1.165, 1.54) is 16.9 Å². The van der Waals surface area contributed by atoms with Crippen LogP contribution >= 0.6 is 0 Å². The number of halogens is 3. The standard InChI is InChI=1S/C25H23F3N8O2/c1-14-23(32-33-36(14)20-10-34(11-20)21-12-37-13-21)17-4-22(24-18(5-29)7-31-35(24)9-17)38-15(2)16-3-19(8-30-6-16)25(26,27)28/h3-4,6-9,15,20-21H,10-13H2,1-2H3. The SMILES string of the molecule is Cc1c(-c2cc(OC(C)c3cncc(C(F)(F)F)c3)c3c(C#N)cnn3c2)nnn1C1CN(C2COC2)C1. The van der Waals surface area contributed by atoms with E-state index in [1.54, 1.807) is 19.2 Å². The summed E-state index contributed by atoms with van der Waals surface area (Å²) in [5.74, 6) is 0.287. The van der Waals surface area contributed by atoms with Crippen LogP contribution in [0.25, 0.3) is 16.8 Å². The molecule has 4 aromatic heterocycles. The number of nitrogens with zero attached hydrogens (tertiary/aromatic N) is 8. The second-order valence-electron chi connectivity index (χ2n) is 9.59. The van der Waals surface area contributed by atoms with E-state index in [0.29, 0.717) is 22.8 Å². The molecule has 0 aliphatic carbocycles. The van der Waals surface area contributed by atoms with Crippen molar-refractivity contribution in [2.24, 2.45) is 0 Å². The van der Waals surface area contributed by atoms with Gasteiger partial charge < -0.3 is 9.47 Å². The number of ether oxygens (including phenoxy) is 2. The molecule has 0 radical (unpaired) electrons. The lowest BCUT2D eigenvalue weighted by atomic mass is 10.0. The first-order chi connectivity index (χ1) is 18.2. The lowest BCUT2D eigenvalue weighted by molar-refractivity contribution is -0.137. The monoisotopic (exact) mass is 524 g/mol. The minimum absolute atomic E-state index is 0.208. The molecular weight excluding hydrogens is 501 g/mol. The van der Waals surface area contributed by atoms with Crippen LogP contribution in [0.15, 0.2) is 36.9 Å². The van der Waals surface area contributed by atoms with Gasteiger partial charge in [-0.3, -0.25) is 9.88 Å². The molecule has 10 nitrogen and oxygen atoms in total. The summed E-state index contributed by atoms with van der Waals surface area (Å²) in [5.41, 5.74) is 2.22. The van der Waals surface area contributed by atoms with Gasteiger partial charge in [-0.1, -0.05) is 5.21 Å². The van der Waals surface area contributed by atoms with E-state index in [-0.39, 0.29) is 22.9 Å². The summed E-state index contributed by atoms with van der Waals surface area (Å²) in [6, 6.07) is 5.50. The highest BCUT2D eigenvalue weighted by atomic mass is 19.4. The molecule has 0 N–H and O–H groups in total. The van der Waals surface area contributed by atoms with E-state index in [2.05, 4.69) is 31.4 Å². The van der Waals surface area contributed by atoms with Crippen LogP contribution in [0.3, 0.4) is 0 Å². The molecule has 2 fully saturated rings. The quantitative estimate of drug-likeness (QED) is 0.377. The maximum atomic E-state index is 13.2. The molecule has 0 spiro atoms. The third-order valence-electron chi connectivity index (χ3n) is 7.13. The highest BCUT2D eigenvalue weighted by Crippen LogP contribution is 2.36. The van der Waals surface area contributed by atoms with E-state index < -0.39 is 17.8 Å². The van der Waals surface area contributed by atoms with Gasteiger partial charge >= 0.3 is 6.18 Å². The second kappa shape index (κ2) is 9.07. The summed E-state index contributed by atoms with van der Waals surface area (Å²) in [4.78, 5) is 6.10. The van der Waals surface area contributed by atoms with Crippen LogP contribution in [0.5, 0.6) is 5.75 Å². The van der Waals surface area contributed by atoms with Crippen molar-refractivity contribution >= 4 is 5.52 Å². The van der Waals surface area contributed by atoms with Gasteiger partial charge in [-0.25, -0.2) is 9.20 Å². The van der Waals surface area contributed by atoms with Crippen LogP contribution in [-0.2, 0) is 10.9 Å². The molecule has 13 heteroatoms. The van der Waals surface area contributed by atoms with E-state index >= 15 is 0 Å². The Kier molecular flexibility index (Phi) is 5.81. The summed E-state index contributed by atoms with van der Waals surface area (Å²) in [7, 11) is 0. The minimum Gasteiger partial charge on any atom is -0.484 e. The van der Waals surface area contributed by atoms with Crippen molar-refractivity contribution in [3.8, 4) is 23.1 Å². The van der Waals surface area contributed by atoms with Crippen molar-refractivity contribution in [3.05, 3.63) is 59.3 Å². The largest absolute Gasteiger partial charge is 0.484 e.